The molecule has 0 heterocycles. The predicted octanol–water partition coefficient (Wildman–Crippen LogP) is 0.288. The highest BCUT2D eigenvalue weighted by Gasteiger charge is 2.21. The van der Waals surface area contributed by atoms with E-state index in [-0.39, 0.29) is 11.3 Å². The molecule has 1 unspecified atom stereocenters. The standard InChI is InChI=1S/C11H12N4O6/c1-5(13-11(12)19)9(16)14-7-3-2-6(10(17)18)4-8(7)15(20)21/h2-5H,1H3,(H,14,16)(H,17,18)(H3,12,13,19). The number of nitro benzene ring substituents is 1. The first-order chi connectivity index (χ1) is 9.72. The highest BCUT2D eigenvalue weighted by molar-refractivity contribution is 5.99. The monoisotopic (exact) mass is 296 g/mol. The molecule has 0 aliphatic carbocycles. The first-order valence-electron chi connectivity index (χ1n) is 5.61. The van der Waals surface area contributed by atoms with E-state index in [1.165, 1.54) is 6.92 Å². The number of urea groups is 1. The van der Waals surface area contributed by atoms with E-state index < -0.39 is 34.6 Å². The first kappa shape index (κ1) is 15.9. The Balaban J connectivity index is 3.02. The van der Waals surface area contributed by atoms with Gasteiger partial charge in [0, 0.05) is 6.07 Å². The maximum Gasteiger partial charge on any atom is 0.335 e. The summed E-state index contributed by atoms with van der Waals surface area (Å²) in [5.74, 6) is -2.07. The van der Waals surface area contributed by atoms with Gasteiger partial charge in [-0.1, -0.05) is 0 Å². The van der Waals surface area contributed by atoms with Crippen LogP contribution >= 0.6 is 0 Å². The fourth-order valence-electron chi connectivity index (χ4n) is 1.44. The van der Waals surface area contributed by atoms with Gasteiger partial charge in [0.05, 0.1) is 10.5 Å². The van der Waals surface area contributed by atoms with Crippen molar-refractivity contribution in [3.05, 3.63) is 33.9 Å². The summed E-state index contributed by atoms with van der Waals surface area (Å²) in [6, 6.07) is 1.09. The zero-order valence-corrected chi connectivity index (χ0v) is 10.8. The van der Waals surface area contributed by atoms with Gasteiger partial charge >= 0.3 is 12.0 Å². The average Bonchev–Trinajstić information content (AvgIpc) is 2.37. The molecular weight excluding hydrogens is 284 g/mol. The molecule has 0 radical (unpaired) electrons. The van der Waals surface area contributed by atoms with E-state index in [0.29, 0.717) is 0 Å². The van der Waals surface area contributed by atoms with E-state index in [1.54, 1.807) is 0 Å². The Morgan fingerprint density at radius 3 is 2.48 bits per heavy atom. The smallest absolute Gasteiger partial charge is 0.335 e. The third-order valence-corrected chi connectivity index (χ3v) is 2.45. The Bertz CT molecular complexity index is 615. The number of primary amides is 1. The van der Waals surface area contributed by atoms with Gasteiger partial charge in [0.25, 0.3) is 5.69 Å². The number of hydrogen-bond acceptors (Lipinski definition) is 5. The normalized spacial score (nSPS) is 11.3. The largest absolute Gasteiger partial charge is 0.478 e. The number of benzene rings is 1. The van der Waals surface area contributed by atoms with Gasteiger partial charge in [0.2, 0.25) is 5.91 Å². The van der Waals surface area contributed by atoms with Crippen molar-refractivity contribution in [1.29, 1.82) is 0 Å². The van der Waals surface area contributed by atoms with Crippen molar-refractivity contribution in [3.8, 4) is 0 Å². The number of anilines is 1. The van der Waals surface area contributed by atoms with Crippen LogP contribution in [0, 0.1) is 10.1 Å². The average molecular weight is 296 g/mol. The topological polar surface area (TPSA) is 165 Å². The minimum absolute atomic E-state index is 0.187. The molecule has 0 aliphatic rings. The van der Waals surface area contributed by atoms with Crippen LogP contribution in [0.15, 0.2) is 18.2 Å². The second-order valence-electron chi connectivity index (χ2n) is 4.01. The van der Waals surface area contributed by atoms with Gasteiger partial charge in [-0.15, -0.1) is 0 Å². The molecule has 0 spiro atoms. The Labute approximate surface area is 118 Å². The molecule has 1 aromatic carbocycles. The molecule has 0 saturated heterocycles. The van der Waals surface area contributed by atoms with Gasteiger partial charge in [-0.25, -0.2) is 9.59 Å². The second-order valence-corrected chi connectivity index (χ2v) is 4.01. The molecule has 112 valence electrons. The number of carboxylic acids is 1. The summed E-state index contributed by atoms with van der Waals surface area (Å²) in [4.78, 5) is 43.2. The van der Waals surface area contributed by atoms with Crippen LogP contribution in [0.1, 0.15) is 17.3 Å². The van der Waals surface area contributed by atoms with Crippen LogP contribution in [0.4, 0.5) is 16.2 Å². The van der Waals surface area contributed by atoms with Gasteiger partial charge in [-0.3, -0.25) is 14.9 Å². The molecule has 0 aliphatic heterocycles. The van der Waals surface area contributed by atoms with Crippen molar-refractivity contribution in [2.45, 2.75) is 13.0 Å². The van der Waals surface area contributed by atoms with Gasteiger partial charge < -0.3 is 21.5 Å². The van der Waals surface area contributed by atoms with Crippen molar-refractivity contribution >= 4 is 29.3 Å². The fourth-order valence-corrected chi connectivity index (χ4v) is 1.44. The lowest BCUT2D eigenvalue weighted by Crippen LogP contribution is -2.44. The van der Waals surface area contributed by atoms with Crippen molar-refractivity contribution < 1.29 is 24.4 Å². The van der Waals surface area contributed by atoms with Crippen LogP contribution in [0.25, 0.3) is 0 Å². The van der Waals surface area contributed by atoms with E-state index in [4.69, 9.17) is 10.8 Å². The number of nitro groups is 1. The SMILES string of the molecule is CC(NC(N)=O)C(=O)Nc1ccc(C(=O)O)cc1[N+](=O)[O-]. The van der Waals surface area contributed by atoms with E-state index in [0.717, 1.165) is 18.2 Å². The van der Waals surface area contributed by atoms with E-state index in [1.807, 2.05) is 0 Å². The zero-order valence-electron chi connectivity index (χ0n) is 10.8. The predicted molar refractivity (Wildman–Crippen MR) is 70.9 cm³/mol. The summed E-state index contributed by atoms with van der Waals surface area (Å²) in [6.07, 6.45) is 0. The third-order valence-electron chi connectivity index (χ3n) is 2.45. The van der Waals surface area contributed by atoms with Crippen LogP contribution in [-0.2, 0) is 4.79 Å². The molecule has 0 bridgehead atoms. The number of hydrogen-bond donors (Lipinski definition) is 4. The highest BCUT2D eigenvalue weighted by atomic mass is 16.6. The number of carbonyl (C=O) groups excluding carboxylic acids is 2. The molecule has 10 nitrogen and oxygen atoms in total. The first-order valence-corrected chi connectivity index (χ1v) is 5.61. The summed E-state index contributed by atoms with van der Waals surface area (Å²) in [5.41, 5.74) is 3.80. The number of aromatic carboxylic acids is 1. The van der Waals surface area contributed by atoms with Crippen molar-refractivity contribution in [2.75, 3.05) is 5.32 Å². The quantitative estimate of drug-likeness (QED) is 0.450. The third kappa shape index (κ3) is 4.16. The number of nitrogens with zero attached hydrogens (tertiary/aromatic N) is 1. The number of rotatable bonds is 5. The fraction of sp³-hybridized carbons (Fsp3) is 0.182. The number of nitrogens with one attached hydrogen (secondary N) is 2. The minimum atomic E-state index is -1.33. The maximum absolute atomic E-state index is 11.7. The highest BCUT2D eigenvalue weighted by Crippen LogP contribution is 2.25. The maximum atomic E-state index is 11.7. The van der Waals surface area contributed by atoms with Crippen LogP contribution in [0.5, 0.6) is 0 Å². The molecule has 0 aromatic heterocycles. The molecule has 0 saturated carbocycles. The summed E-state index contributed by atoms with van der Waals surface area (Å²) in [5, 5.41) is 24.0. The van der Waals surface area contributed by atoms with Crippen molar-refractivity contribution in [3.63, 3.8) is 0 Å². The Morgan fingerprint density at radius 1 is 1.38 bits per heavy atom. The Kier molecular flexibility index (Phi) is 4.78. The lowest BCUT2D eigenvalue weighted by atomic mass is 10.1. The van der Waals surface area contributed by atoms with Crippen molar-refractivity contribution in [2.24, 2.45) is 5.73 Å². The number of carboxylic acid groups (broad SMARTS) is 1. The van der Waals surface area contributed by atoms with Gasteiger partial charge in [0.15, 0.2) is 0 Å². The summed E-state index contributed by atoms with van der Waals surface area (Å²) in [7, 11) is 0. The Hall–Kier alpha value is -3.17. The van der Waals surface area contributed by atoms with Gasteiger partial charge in [0.1, 0.15) is 11.7 Å². The van der Waals surface area contributed by atoms with E-state index in [9.17, 15) is 24.5 Å². The summed E-state index contributed by atoms with van der Waals surface area (Å²) >= 11 is 0. The minimum Gasteiger partial charge on any atom is -0.478 e. The van der Waals surface area contributed by atoms with Crippen LogP contribution < -0.4 is 16.4 Å². The second kappa shape index (κ2) is 6.32. The van der Waals surface area contributed by atoms with Crippen molar-refractivity contribution in [1.82, 2.24) is 5.32 Å². The van der Waals surface area contributed by atoms with E-state index in [2.05, 4.69) is 10.6 Å². The lowest BCUT2D eigenvalue weighted by molar-refractivity contribution is -0.384. The molecule has 0 fully saturated rings. The van der Waals surface area contributed by atoms with E-state index >= 15 is 0 Å². The number of amides is 3. The number of carbonyl (C=O) groups is 3. The summed E-state index contributed by atoms with van der Waals surface area (Å²) < 4.78 is 0. The van der Waals surface area contributed by atoms with Gasteiger partial charge in [-0.05, 0) is 19.1 Å². The molecule has 21 heavy (non-hydrogen) atoms. The van der Waals surface area contributed by atoms with Gasteiger partial charge in [-0.2, -0.15) is 0 Å². The van der Waals surface area contributed by atoms with Crippen LogP contribution in [-0.4, -0.2) is 34.0 Å². The summed E-state index contributed by atoms with van der Waals surface area (Å²) in [6.45, 7) is 1.33. The molecule has 1 aromatic rings. The Morgan fingerprint density at radius 2 is 2.00 bits per heavy atom. The lowest BCUT2D eigenvalue weighted by Gasteiger charge is -2.12. The van der Waals surface area contributed by atoms with Crippen LogP contribution in [0.3, 0.4) is 0 Å². The molecule has 3 amide bonds. The molecule has 5 N–H and O–H groups in total. The van der Waals surface area contributed by atoms with Crippen LogP contribution in [0.2, 0.25) is 0 Å². The molecule has 1 atom stereocenters. The zero-order chi connectivity index (χ0) is 16.2. The molecule has 1 rings (SSSR count). The molecule has 10 heteroatoms. The number of nitrogens with two attached hydrogens (primary N) is 1. The molecular formula is C11H12N4O6.